The smallest absolute Gasteiger partial charge is 0.257 e. The van der Waals surface area contributed by atoms with Gasteiger partial charge in [0.05, 0.1) is 6.54 Å². The zero-order chi connectivity index (χ0) is 20.5. The lowest BCUT2D eigenvalue weighted by atomic mass is 10.0. The van der Waals surface area contributed by atoms with E-state index in [0.29, 0.717) is 18.5 Å². The van der Waals surface area contributed by atoms with Crippen LogP contribution in [0.15, 0.2) is 54.6 Å². The molecule has 1 heterocycles. The van der Waals surface area contributed by atoms with E-state index in [2.05, 4.69) is 22.2 Å². The van der Waals surface area contributed by atoms with Gasteiger partial charge in [0.2, 0.25) is 5.91 Å². The number of amides is 3. The van der Waals surface area contributed by atoms with E-state index in [9.17, 15) is 14.4 Å². The molecule has 0 atom stereocenters. The van der Waals surface area contributed by atoms with Crippen molar-refractivity contribution in [2.45, 2.75) is 25.7 Å². The van der Waals surface area contributed by atoms with Gasteiger partial charge < -0.3 is 10.2 Å². The number of nitrogens with one attached hydrogen (secondary N) is 3. The molecular formula is C22H26N4O3. The van der Waals surface area contributed by atoms with Gasteiger partial charge in [0.15, 0.2) is 0 Å². The maximum atomic E-state index is 12.2. The van der Waals surface area contributed by atoms with Crippen molar-refractivity contribution in [1.82, 2.24) is 16.2 Å². The first-order valence-electron chi connectivity index (χ1n) is 9.87. The Morgan fingerprint density at radius 3 is 2.45 bits per heavy atom. The fourth-order valence-corrected chi connectivity index (χ4v) is 3.33. The van der Waals surface area contributed by atoms with Gasteiger partial charge in [0.25, 0.3) is 11.8 Å². The fraction of sp³-hybridized carbons (Fsp3) is 0.318. The molecule has 0 aliphatic carbocycles. The molecule has 0 fully saturated rings. The number of fused-ring (bicyclic) bond motifs is 1. The second-order valence-corrected chi connectivity index (χ2v) is 6.98. The first-order valence-corrected chi connectivity index (χ1v) is 9.87. The summed E-state index contributed by atoms with van der Waals surface area (Å²) in [5.41, 5.74) is 7.81. The highest BCUT2D eigenvalue weighted by atomic mass is 16.2. The first kappa shape index (κ1) is 20.4. The lowest BCUT2D eigenvalue weighted by Gasteiger charge is -2.30. The van der Waals surface area contributed by atoms with Gasteiger partial charge in [-0.15, -0.1) is 0 Å². The van der Waals surface area contributed by atoms with Crippen molar-refractivity contribution in [2.24, 2.45) is 0 Å². The van der Waals surface area contributed by atoms with Crippen molar-refractivity contribution < 1.29 is 14.4 Å². The number of rotatable bonds is 7. The summed E-state index contributed by atoms with van der Waals surface area (Å²) in [5.74, 6) is -0.708. The van der Waals surface area contributed by atoms with Crippen molar-refractivity contribution in [3.05, 3.63) is 65.7 Å². The molecule has 0 aromatic heterocycles. The van der Waals surface area contributed by atoms with E-state index in [1.54, 1.807) is 24.3 Å². The van der Waals surface area contributed by atoms with E-state index < -0.39 is 0 Å². The normalized spacial score (nSPS) is 12.6. The number of aryl methyl sites for hydroxylation is 1. The lowest BCUT2D eigenvalue weighted by Crippen LogP contribution is -2.47. The lowest BCUT2D eigenvalue weighted by molar-refractivity contribution is -0.128. The van der Waals surface area contributed by atoms with Crippen LogP contribution >= 0.6 is 0 Å². The Kier molecular flexibility index (Phi) is 7.22. The largest absolute Gasteiger partial charge is 0.362 e. The van der Waals surface area contributed by atoms with Crippen molar-refractivity contribution in [3.63, 3.8) is 0 Å². The Bertz CT molecular complexity index is 854. The third-order valence-electron chi connectivity index (χ3n) is 4.78. The molecule has 152 valence electrons. The minimum atomic E-state index is -0.286. The Labute approximate surface area is 170 Å². The molecule has 0 saturated heterocycles. The second-order valence-electron chi connectivity index (χ2n) is 6.98. The summed E-state index contributed by atoms with van der Waals surface area (Å²) in [5, 5.41) is 2.77. The summed E-state index contributed by atoms with van der Waals surface area (Å²) < 4.78 is 0. The van der Waals surface area contributed by atoms with Crippen molar-refractivity contribution in [3.8, 4) is 0 Å². The van der Waals surface area contributed by atoms with Crippen LogP contribution < -0.4 is 21.1 Å². The highest BCUT2D eigenvalue weighted by Crippen LogP contribution is 2.26. The van der Waals surface area contributed by atoms with E-state index >= 15 is 0 Å². The number of carbonyl (C=O) groups is 3. The van der Waals surface area contributed by atoms with E-state index in [1.165, 1.54) is 5.56 Å². The third kappa shape index (κ3) is 6.07. The first-order chi connectivity index (χ1) is 14.1. The predicted molar refractivity (Wildman–Crippen MR) is 111 cm³/mol. The minimum Gasteiger partial charge on any atom is -0.362 e. The van der Waals surface area contributed by atoms with Crippen LogP contribution in [0.5, 0.6) is 0 Å². The second kappa shape index (κ2) is 10.3. The van der Waals surface area contributed by atoms with Crippen LogP contribution in [0.2, 0.25) is 0 Å². The Balaban J connectivity index is 1.32. The van der Waals surface area contributed by atoms with E-state index in [0.717, 1.165) is 25.1 Å². The van der Waals surface area contributed by atoms with Gasteiger partial charge in [0, 0.05) is 30.8 Å². The maximum absolute atomic E-state index is 12.2. The topological polar surface area (TPSA) is 90.5 Å². The zero-order valence-corrected chi connectivity index (χ0v) is 16.3. The summed E-state index contributed by atoms with van der Waals surface area (Å²) in [7, 11) is 0. The highest BCUT2D eigenvalue weighted by molar-refractivity contribution is 5.94. The molecule has 2 aromatic carbocycles. The van der Waals surface area contributed by atoms with Gasteiger partial charge in [-0.3, -0.25) is 25.2 Å². The maximum Gasteiger partial charge on any atom is 0.257 e. The number of carbonyl (C=O) groups excluding carboxylic acids is 3. The van der Waals surface area contributed by atoms with Gasteiger partial charge in [-0.1, -0.05) is 36.4 Å². The molecule has 0 radical (unpaired) electrons. The molecule has 1 aliphatic heterocycles. The molecule has 3 rings (SSSR count). The number of benzene rings is 2. The summed E-state index contributed by atoms with van der Waals surface area (Å²) in [6.45, 7) is 1.41. The molecule has 29 heavy (non-hydrogen) atoms. The van der Waals surface area contributed by atoms with Gasteiger partial charge in [0.1, 0.15) is 0 Å². The number of para-hydroxylation sites is 1. The Morgan fingerprint density at radius 1 is 0.897 bits per heavy atom. The number of hydrazine groups is 1. The minimum absolute atomic E-state index is 0.166. The average Bonchev–Trinajstić information content (AvgIpc) is 2.76. The molecule has 0 unspecified atom stereocenters. The fourth-order valence-electron chi connectivity index (χ4n) is 3.33. The van der Waals surface area contributed by atoms with Gasteiger partial charge in [-0.25, -0.2) is 0 Å². The van der Waals surface area contributed by atoms with Crippen LogP contribution in [0, 0.1) is 0 Å². The van der Waals surface area contributed by atoms with Crippen molar-refractivity contribution >= 4 is 23.4 Å². The molecule has 0 spiro atoms. The van der Waals surface area contributed by atoms with E-state index in [-0.39, 0.29) is 30.7 Å². The third-order valence-corrected chi connectivity index (χ3v) is 4.78. The van der Waals surface area contributed by atoms with Crippen molar-refractivity contribution in [2.75, 3.05) is 24.5 Å². The SMILES string of the molecule is O=C(CCCNC(=O)c1ccccc1)NNC(=O)CN1CCCc2ccccc21. The molecule has 3 N–H and O–H groups in total. The van der Waals surface area contributed by atoms with Gasteiger partial charge in [-0.05, 0) is 43.0 Å². The zero-order valence-electron chi connectivity index (χ0n) is 16.3. The summed E-state index contributed by atoms with van der Waals surface area (Å²) in [6, 6.07) is 17.0. The number of anilines is 1. The molecular weight excluding hydrogens is 368 g/mol. The van der Waals surface area contributed by atoms with Crippen LogP contribution in [0.4, 0.5) is 5.69 Å². The molecule has 0 bridgehead atoms. The highest BCUT2D eigenvalue weighted by Gasteiger charge is 2.18. The quantitative estimate of drug-likeness (QED) is 0.493. The van der Waals surface area contributed by atoms with E-state index in [4.69, 9.17) is 0 Å². The van der Waals surface area contributed by atoms with Crippen LogP contribution in [0.25, 0.3) is 0 Å². The molecule has 3 amide bonds. The molecule has 0 saturated carbocycles. The average molecular weight is 394 g/mol. The summed E-state index contributed by atoms with van der Waals surface area (Å²) in [6.07, 6.45) is 2.72. The summed E-state index contributed by atoms with van der Waals surface area (Å²) in [4.78, 5) is 38.0. The van der Waals surface area contributed by atoms with E-state index in [1.807, 2.05) is 29.2 Å². The Hall–Kier alpha value is -3.35. The van der Waals surface area contributed by atoms with Crippen LogP contribution in [-0.4, -0.2) is 37.4 Å². The van der Waals surface area contributed by atoms with Gasteiger partial charge in [-0.2, -0.15) is 0 Å². The van der Waals surface area contributed by atoms with Crippen LogP contribution in [-0.2, 0) is 16.0 Å². The van der Waals surface area contributed by atoms with Crippen LogP contribution in [0.1, 0.15) is 35.2 Å². The van der Waals surface area contributed by atoms with Crippen molar-refractivity contribution in [1.29, 1.82) is 0 Å². The number of hydrogen-bond acceptors (Lipinski definition) is 4. The molecule has 7 heteroatoms. The van der Waals surface area contributed by atoms with Crippen LogP contribution in [0.3, 0.4) is 0 Å². The monoisotopic (exact) mass is 394 g/mol. The number of hydrogen-bond donors (Lipinski definition) is 3. The molecule has 2 aromatic rings. The number of nitrogens with zero attached hydrogens (tertiary/aromatic N) is 1. The Morgan fingerprint density at radius 2 is 1.62 bits per heavy atom. The standard InChI is InChI=1S/C22H26N4O3/c27-20(13-6-14-23-22(29)18-9-2-1-3-10-18)24-25-21(28)16-26-15-7-11-17-8-4-5-12-19(17)26/h1-5,8-10,12H,6-7,11,13-16H2,(H,23,29)(H,24,27)(H,25,28). The molecule has 1 aliphatic rings. The van der Waals surface area contributed by atoms with Gasteiger partial charge >= 0.3 is 0 Å². The predicted octanol–water partition coefficient (Wildman–Crippen LogP) is 1.80. The summed E-state index contributed by atoms with van der Waals surface area (Å²) >= 11 is 0. The molecule has 7 nitrogen and oxygen atoms in total.